The number of pyridine rings is 3. The number of aromatic nitrogens is 3. The summed E-state index contributed by atoms with van der Waals surface area (Å²) < 4.78 is 21.0. The minimum Gasteiger partial charge on any atom is -0.497 e. The first-order valence-corrected chi connectivity index (χ1v) is 21.8. The predicted octanol–water partition coefficient (Wildman–Crippen LogP) is 7.85. The van der Waals surface area contributed by atoms with Gasteiger partial charge in [0.15, 0.2) is 0 Å². The number of anilines is 1. The maximum absolute atomic E-state index is 12.2. The monoisotopic (exact) mass is 932 g/mol. The minimum atomic E-state index is -1.25. The number of aromatic carboxylic acids is 3. The molecule has 0 amide bonds. The van der Waals surface area contributed by atoms with Crippen LogP contribution in [0.15, 0.2) is 87.2 Å². The molecule has 3 aromatic heterocycles. The molecule has 1 aliphatic heterocycles. The van der Waals surface area contributed by atoms with Gasteiger partial charge in [-0.25, -0.2) is 14.4 Å². The van der Waals surface area contributed by atoms with E-state index in [9.17, 15) is 33.9 Å². The van der Waals surface area contributed by atoms with E-state index in [0.29, 0.717) is 53.4 Å². The lowest BCUT2D eigenvalue weighted by Gasteiger charge is -2.23. The zero-order valence-corrected chi connectivity index (χ0v) is 39.2. The molecule has 0 saturated carbocycles. The Morgan fingerprint density at radius 1 is 0.515 bits per heavy atom. The number of methoxy groups -OCH3 is 4. The van der Waals surface area contributed by atoms with Crippen LogP contribution in [0.1, 0.15) is 86.9 Å². The smallest absolute Gasteiger partial charge is 0.341 e. The second-order valence-corrected chi connectivity index (χ2v) is 15.5. The molecule has 0 bridgehead atoms. The van der Waals surface area contributed by atoms with Crippen molar-refractivity contribution in [1.29, 1.82) is 0 Å². The number of rotatable bonds is 14. The first-order valence-electron chi connectivity index (χ1n) is 21.8. The van der Waals surface area contributed by atoms with Gasteiger partial charge in [-0.1, -0.05) is 20.8 Å². The van der Waals surface area contributed by atoms with Crippen molar-refractivity contribution in [3.05, 3.63) is 143 Å². The van der Waals surface area contributed by atoms with Crippen LogP contribution >= 0.6 is 0 Å². The fourth-order valence-corrected chi connectivity index (χ4v) is 7.87. The molecule has 0 unspecified atom stereocenters. The number of H-pyrrole nitrogens is 3. The van der Waals surface area contributed by atoms with Gasteiger partial charge in [0, 0.05) is 47.6 Å². The van der Waals surface area contributed by atoms with Crippen molar-refractivity contribution in [2.75, 3.05) is 46.4 Å². The number of aromatic amines is 3. The van der Waals surface area contributed by atoms with Gasteiger partial charge in [-0.2, -0.15) is 0 Å². The molecule has 1 aliphatic rings. The van der Waals surface area contributed by atoms with Crippen molar-refractivity contribution in [2.24, 2.45) is 0 Å². The summed E-state index contributed by atoms with van der Waals surface area (Å²) in [5, 5.41) is 27.3. The lowest BCUT2D eigenvalue weighted by Crippen LogP contribution is -2.21. The number of aryl methyl sites for hydroxylation is 4. The molecule has 358 valence electrons. The van der Waals surface area contributed by atoms with Crippen molar-refractivity contribution < 1.29 is 48.7 Å². The molecule has 0 atom stereocenters. The van der Waals surface area contributed by atoms with Crippen LogP contribution in [0.2, 0.25) is 0 Å². The van der Waals surface area contributed by atoms with E-state index in [4.69, 9.17) is 29.2 Å². The Labute approximate surface area is 392 Å². The van der Waals surface area contributed by atoms with Crippen molar-refractivity contribution >= 4 is 23.6 Å². The molecule has 68 heavy (non-hydrogen) atoms. The number of carboxylic acid groups (broad SMARTS) is 3. The lowest BCUT2D eigenvalue weighted by atomic mass is 9.98. The summed E-state index contributed by atoms with van der Waals surface area (Å²) in [7, 11) is 6.29. The Kier molecular flexibility index (Phi) is 17.1. The highest BCUT2D eigenvalue weighted by Crippen LogP contribution is 2.37. The largest absolute Gasteiger partial charge is 0.497 e. The predicted molar refractivity (Wildman–Crippen MR) is 259 cm³/mol. The topological polar surface area (TPSA) is 251 Å². The average Bonchev–Trinajstić information content (AvgIpc) is 3.89. The van der Waals surface area contributed by atoms with E-state index < -0.39 is 34.6 Å². The third-order valence-corrected chi connectivity index (χ3v) is 11.5. The maximum Gasteiger partial charge on any atom is 0.341 e. The second kappa shape index (κ2) is 22.9. The first kappa shape index (κ1) is 50.9. The summed E-state index contributed by atoms with van der Waals surface area (Å²) in [5.74, 6) is -1.02. The molecular weight excluding hydrogens is 877 g/mol. The van der Waals surface area contributed by atoms with Crippen LogP contribution in [0.3, 0.4) is 0 Å². The first-order chi connectivity index (χ1) is 32.5. The number of nitrogens with one attached hydrogen (secondary N) is 3. The van der Waals surface area contributed by atoms with E-state index in [1.807, 2.05) is 64.1 Å². The van der Waals surface area contributed by atoms with E-state index in [0.717, 1.165) is 76.5 Å². The Balaban J connectivity index is 0.000000192. The number of carbonyl (C=O) groups is 3. The average molecular weight is 933 g/mol. The standard InChI is InChI=1S/C19H22N2O4.C16H17NO5.C16H17NO4/c1-3-12-10-15(19(23)24)18(22)20-17(12)14-7-6-13(25-2)11-16(14)21-8-4-5-9-21;1-4-9-7-12(16(19)20)15(18)17-14(9)11-6-5-10(21-2)8-13(11)22-3;1-4-10-8-13(16(19)20)15(18)17-14(10)12-6-5-11(21-3)7-9(12)2/h6-7,10-11H,3-5,8-9H2,1-2H3,(H,20,22)(H,23,24);5-8H,4H2,1-3H3,(H,17,18)(H,19,20);5-8H,4H2,1-3H3,(H,17,18)(H,19,20). The van der Waals surface area contributed by atoms with Crippen LogP contribution in [0.5, 0.6) is 23.0 Å². The highest BCUT2D eigenvalue weighted by molar-refractivity contribution is 5.90. The van der Waals surface area contributed by atoms with Crippen molar-refractivity contribution in [2.45, 2.75) is 59.8 Å². The fraction of sp³-hybridized carbons (Fsp3) is 0.294. The van der Waals surface area contributed by atoms with Crippen LogP contribution in [-0.4, -0.2) is 89.7 Å². The van der Waals surface area contributed by atoms with Crippen molar-refractivity contribution in [3.63, 3.8) is 0 Å². The van der Waals surface area contributed by atoms with Crippen LogP contribution in [-0.2, 0) is 19.3 Å². The molecule has 17 heteroatoms. The molecule has 0 radical (unpaired) electrons. The molecule has 0 aliphatic carbocycles. The molecule has 1 saturated heterocycles. The van der Waals surface area contributed by atoms with Crippen LogP contribution in [0.25, 0.3) is 33.8 Å². The van der Waals surface area contributed by atoms with Gasteiger partial charge < -0.3 is 54.1 Å². The number of nitrogens with zero attached hydrogens (tertiary/aromatic N) is 1. The SMILES string of the molecule is CCc1cc(C(=O)O)c(=O)[nH]c1-c1ccc(OC)cc1C.CCc1cc(C(=O)O)c(=O)[nH]c1-c1ccc(OC)cc1N1CCCC1.CCc1cc(C(=O)O)c(=O)[nH]c1-c1ccc(OC)cc1OC. The van der Waals surface area contributed by atoms with Crippen molar-refractivity contribution in [3.8, 4) is 56.8 Å². The summed E-state index contributed by atoms with van der Waals surface area (Å²) in [4.78, 5) is 79.8. The summed E-state index contributed by atoms with van der Waals surface area (Å²) >= 11 is 0. The Bertz CT molecular complexity index is 3000. The van der Waals surface area contributed by atoms with Crippen LogP contribution < -0.4 is 40.5 Å². The molecule has 1 fully saturated rings. The van der Waals surface area contributed by atoms with Gasteiger partial charge in [0.05, 0.1) is 45.5 Å². The van der Waals surface area contributed by atoms with E-state index >= 15 is 0 Å². The van der Waals surface area contributed by atoms with Crippen LogP contribution in [0.4, 0.5) is 5.69 Å². The molecule has 6 aromatic rings. The quantitative estimate of drug-likeness (QED) is 0.0609. The Morgan fingerprint density at radius 2 is 0.882 bits per heavy atom. The summed E-state index contributed by atoms with van der Waals surface area (Å²) in [6, 6.07) is 20.9. The molecule has 0 spiro atoms. The van der Waals surface area contributed by atoms with Gasteiger partial charge in [-0.15, -0.1) is 0 Å². The molecule has 3 aromatic carbocycles. The highest BCUT2D eigenvalue weighted by atomic mass is 16.5. The number of ether oxygens (including phenoxy) is 4. The highest BCUT2D eigenvalue weighted by Gasteiger charge is 2.22. The van der Waals surface area contributed by atoms with E-state index in [2.05, 4.69) is 19.9 Å². The molecule has 17 nitrogen and oxygen atoms in total. The zero-order chi connectivity index (χ0) is 49.8. The number of benzene rings is 3. The van der Waals surface area contributed by atoms with Crippen molar-refractivity contribution in [1.82, 2.24) is 15.0 Å². The normalized spacial score (nSPS) is 11.7. The summed E-state index contributed by atoms with van der Waals surface area (Å²) in [6.45, 7) is 9.58. The van der Waals surface area contributed by atoms with Gasteiger partial charge >= 0.3 is 17.9 Å². The fourth-order valence-electron chi connectivity index (χ4n) is 7.87. The molecular formula is C51H56N4O13. The van der Waals surface area contributed by atoms with E-state index in [-0.39, 0.29) is 16.7 Å². The van der Waals surface area contributed by atoms with E-state index in [1.54, 1.807) is 39.5 Å². The maximum atomic E-state index is 12.2. The third kappa shape index (κ3) is 11.5. The van der Waals surface area contributed by atoms with Gasteiger partial charge in [0.2, 0.25) is 0 Å². The third-order valence-electron chi connectivity index (χ3n) is 11.5. The summed E-state index contributed by atoms with van der Waals surface area (Å²) in [5.41, 5.74) is 6.06. The molecule has 4 heterocycles. The van der Waals surface area contributed by atoms with Gasteiger partial charge in [-0.3, -0.25) is 14.4 Å². The van der Waals surface area contributed by atoms with E-state index in [1.165, 1.54) is 25.3 Å². The zero-order valence-electron chi connectivity index (χ0n) is 39.2. The number of carboxylic acids is 3. The minimum absolute atomic E-state index is 0.225. The van der Waals surface area contributed by atoms with Crippen LogP contribution in [0, 0.1) is 6.92 Å². The second-order valence-electron chi connectivity index (χ2n) is 15.5. The number of hydrogen-bond donors (Lipinski definition) is 6. The Morgan fingerprint density at radius 3 is 1.26 bits per heavy atom. The molecule has 7 rings (SSSR count). The number of hydrogen-bond acceptors (Lipinski definition) is 11. The lowest BCUT2D eigenvalue weighted by molar-refractivity contribution is 0.0684. The molecule has 6 N–H and O–H groups in total. The Hall–Kier alpha value is -8.08. The van der Waals surface area contributed by atoms with Gasteiger partial charge in [-0.05, 0) is 122 Å². The van der Waals surface area contributed by atoms with Gasteiger partial charge in [0.1, 0.15) is 39.7 Å². The summed E-state index contributed by atoms with van der Waals surface area (Å²) in [6.07, 6.45) is 4.08. The van der Waals surface area contributed by atoms with Gasteiger partial charge in [0.25, 0.3) is 16.7 Å².